The van der Waals surface area contributed by atoms with Crippen LogP contribution < -0.4 is 21.4 Å². The molecule has 0 saturated heterocycles. The molecule has 3 aromatic rings. The van der Waals surface area contributed by atoms with E-state index in [4.69, 9.17) is 14.9 Å². The zero-order chi connectivity index (χ0) is 17.8. The molecule has 1 aromatic heterocycles. The smallest absolute Gasteiger partial charge is 0.336 e. The Morgan fingerprint density at radius 2 is 2.00 bits per heavy atom. The first-order chi connectivity index (χ1) is 12.0. The largest absolute Gasteiger partial charge is 0.481 e. The average Bonchev–Trinajstić information content (AvgIpc) is 2.61. The maximum atomic E-state index is 12.3. The Balaban J connectivity index is 1.71. The molecule has 2 aromatic carbocycles. The summed E-state index contributed by atoms with van der Waals surface area (Å²) in [6, 6.07) is 15.4. The van der Waals surface area contributed by atoms with Gasteiger partial charge in [-0.1, -0.05) is 12.1 Å². The molecule has 0 saturated carbocycles. The van der Waals surface area contributed by atoms with Crippen LogP contribution in [0.5, 0.6) is 5.75 Å². The molecule has 3 N–H and O–H groups in total. The second kappa shape index (κ2) is 7.19. The summed E-state index contributed by atoms with van der Waals surface area (Å²) >= 11 is 0. The van der Waals surface area contributed by atoms with Crippen molar-refractivity contribution >= 4 is 22.6 Å². The zero-order valence-electron chi connectivity index (χ0n) is 13.7. The van der Waals surface area contributed by atoms with Gasteiger partial charge < -0.3 is 20.2 Å². The third-order valence-corrected chi connectivity index (χ3v) is 3.71. The Kier molecular flexibility index (Phi) is 4.81. The first-order valence-corrected chi connectivity index (χ1v) is 7.85. The molecule has 0 radical (unpaired) electrons. The molecular formula is C19H18N2O4. The van der Waals surface area contributed by atoms with E-state index in [9.17, 15) is 9.59 Å². The highest BCUT2D eigenvalue weighted by molar-refractivity contribution is 5.94. The molecular weight excluding hydrogens is 320 g/mol. The van der Waals surface area contributed by atoms with E-state index in [1.54, 1.807) is 37.3 Å². The van der Waals surface area contributed by atoms with Crippen LogP contribution in [0.3, 0.4) is 0 Å². The van der Waals surface area contributed by atoms with Gasteiger partial charge in [-0.25, -0.2) is 4.79 Å². The summed E-state index contributed by atoms with van der Waals surface area (Å²) in [4.78, 5) is 23.6. The van der Waals surface area contributed by atoms with Crippen molar-refractivity contribution in [3.8, 4) is 5.75 Å². The van der Waals surface area contributed by atoms with Crippen molar-refractivity contribution in [2.24, 2.45) is 5.73 Å². The minimum atomic E-state index is -0.727. The molecule has 1 atom stereocenters. The molecule has 0 aliphatic heterocycles. The lowest BCUT2D eigenvalue weighted by molar-refractivity contribution is -0.122. The number of rotatable bonds is 5. The zero-order valence-corrected chi connectivity index (χ0v) is 13.7. The Morgan fingerprint density at radius 1 is 1.20 bits per heavy atom. The van der Waals surface area contributed by atoms with Crippen LogP contribution in [0.4, 0.5) is 5.69 Å². The number of carbonyl (C=O) groups is 1. The minimum Gasteiger partial charge on any atom is -0.481 e. The number of hydrogen-bond donors (Lipinski definition) is 2. The number of ether oxygens (including phenoxy) is 1. The van der Waals surface area contributed by atoms with Gasteiger partial charge >= 0.3 is 5.63 Å². The van der Waals surface area contributed by atoms with Gasteiger partial charge in [0.2, 0.25) is 0 Å². The second-order valence-electron chi connectivity index (χ2n) is 5.61. The van der Waals surface area contributed by atoms with Crippen LogP contribution in [0.2, 0.25) is 0 Å². The van der Waals surface area contributed by atoms with Crippen LogP contribution in [0.25, 0.3) is 11.0 Å². The number of nitrogens with two attached hydrogens (primary N) is 1. The van der Waals surface area contributed by atoms with E-state index in [1.807, 2.05) is 18.2 Å². The molecule has 0 spiro atoms. The van der Waals surface area contributed by atoms with E-state index in [0.29, 0.717) is 23.6 Å². The van der Waals surface area contributed by atoms with Crippen molar-refractivity contribution in [1.82, 2.24) is 0 Å². The third kappa shape index (κ3) is 4.05. The molecule has 0 aliphatic rings. The van der Waals surface area contributed by atoms with Crippen molar-refractivity contribution in [3.63, 3.8) is 0 Å². The number of fused-ring (bicyclic) bond motifs is 1. The van der Waals surface area contributed by atoms with Gasteiger partial charge in [-0.2, -0.15) is 0 Å². The van der Waals surface area contributed by atoms with Gasteiger partial charge in [0, 0.05) is 29.8 Å². The normalized spacial score (nSPS) is 11.9. The van der Waals surface area contributed by atoms with Gasteiger partial charge in [-0.3, -0.25) is 4.79 Å². The number of benzene rings is 2. The molecule has 1 unspecified atom stereocenters. The topological polar surface area (TPSA) is 94.6 Å². The fourth-order valence-corrected chi connectivity index (χ4v) is 2.39. The van der Waals surface area contributed by atoms with Crippen LogP contribution in [-0.4, -0.2) is 12.0 Å². The molecule has 0 bridgehead atoms. The number of carbonyl (C=O) groups excluding carboxylic acids is 1. The molecule has 128 valence electrons. The lowest BCUT2D eigenvalue weighted by atomic mass is 10.2. The van der Waals surface area contributed by atoms with Crippen LogP contribution in [0.15, 0.2) is 63.8 Å². The summed E-state index contributed by atoms with van der Waals surface area (Å²) in [6.45, 7) is 2.05. The van der Waals surface area contributed by atoms with Crippen LogP contribution in [-0.2, 0) is 11.3 Å². The van der Waals surface area contributed by atoms with Crippen LogP contribution in [0.1, 0.15) is 12.5 Å². The Hall–Kier alpha value is -3.12. The van der Waals surface area contributed by atoms with E-state index in [0.717, 1.165) is 10.9 Å². The van der Waals surface area contributed by atoms with Gasteiger partial charge in [0.1, 0.15) is 11.3 Å². The van der Waals surface area contributed by atoms with Crippen molar-refractivity contribution in [1.29, 1.82) is 0 Å². The van der Waals surface area contributed by atoms with E-state index in [2.05, 4.69) is 5.32 Å². The predicted molar refractivity (Wildman–Crippen MR) is 95.5 cm³/mol. The van der Waals surface area contributed by atoms with Gasteiger partial charge in [0.15, 0.2) is 6.10 Å². The van der Waals surface area contributed by atoms with Crippen molar-refractivity contribution < 1.29 is 13.9 Å². The predicted octanol–water partition coefficient (Wildman–Crippen LogP) is 2.66. The van der Waals surface area contributed by atoms with Crippen LogP contribution in [0, 0.1) is 0 Å². The highest BCUT2D eigenvalue weighted by atomic mass is 16.5. The minimum absolute atomic E-state index is 0.288. The molecule has 6 nitrogen and oxygen atoms in total. The molecule has 1 amide bonds. The fraction of sp³-hybridized carbons (Fsp3) is 0.158. The second-order valence-corrected chi connectivity index (χ2v) is 5.61. The monoisotopic (exact) mass is 338 g/mol. The van der Waals surface area contributed by atoms with Crippen LogP contribution >= 0.6 is 0 Å². The summed E-state index contributed by atoms with van der Waals surface area (Å²) in [5.41, 5.74) is 7.16. The molecule has 25 heavy (non-hydrogen) atoms. The lowest BCUT2D eigenvalue weighted by Gasteiger charge is -2.15. The Morgan fingerprint density at radius 3 is 2.80 bits per heavy atom. The number of nitrogens with one attached hydrogen (secondary N) is 1. The number of anilines is 1. The van der Waals surface area contributed by atoms with Crippen molar-refractivity contribution in [2.75, 3.05) is 5.32 Å². The maximum absolute atomic E-state index is 12.3. The molecule has 6 heteroatoms. The maximum Gasteiger partial charge on any atom is 0.336 e. The standard InChI is InChI=1S/C19H18N2O4/c1-12(19(23)21-15-4-2-3-13(9-15)11-20)24-16-7-5-14-6-8-18(22)25-17(14)10-16/h2-10,12H,11,20H2,1H3,(H,21,23). The molecule has 0 fully saturated rings. The van der Waals surface area contributed by atoms with E-state index in [-0.39, 0.29) is 5.91 Å². The van der Waals surface area contributed by atoms with Gasteiger partial charge in [0.05, 0.1) is 0 Å². The van der Waals surface area contributed by atoms with Crippen molar-refractivity contribution in [3.05, 3.63) is 70.6 Å². The first kappa shape index (κ1) is 16.7. The van der Waals surface area contributed by atoms with E-state index < -0.39 is 11.7 Å². The lowest BCUT2D eigenvalue weighted by Crippen LogP contribution is -2.30. The van der Waals surface area contributed by atoms with Gasteiger partial charge in [-0.15, -0.1) is 0 Å². The molecule has 1 heterocycles. The highest BCUT2D eigenvalue weighted by Crippen LogP contribution is 2.21. The van der Waals surface area contributed by atoms with Crippen molar-refractivity contribution in [2.45, 2.75) is 19.6 Å². The summed E-state index contributed by atoms with van der Waals surface area (Å²) in [5, 5.41) is 3.57. The van der Waals surface area contributed by atoms with Gasteiger partial charge in [0.25, 0.3) is 5.91 Å². The Labute approximate surface area is 144 Å². The van der Waals surface area contributed by atoms with E-state index in [1.165, 1.54) is 6.07 Å². The molecule has 0 aliphatic carbocycles. The summed E-state index contributed by atoms with van der Waals surface area (Å²) in [7, 11) is 0. The average molecular weight is 338 g/mol. The molecule has 3 rings (SSSR count). The first-order valence-electron chi connectivity index (χ1n) is 7.85. The van der Waals surface area contributed by atoms with Gasteiger partial charge in [-0.05, 0) is 42.8 Å². The quantitative estimate of drug-likeness (QED) is 0.698. The SMILES string of the molecule is CC(Oc1ccc2ccc(=O)oc2c1)C(=O)Nc1cccc(CN)c1. The highest BCUT2D eigenvalue weighted by Gasteiger charge is 2.15. The third-order valence-electron chi connectivity index (χ3n) is 3.71. The summed E-state index contributed by atoms with van der Waals surface area (Å²) in [6.07, 6.45) is -0.727. The fourth-order valence-electron chi connectivity index (χ4n) is 2.39. The number of amides is 1. The summed E-state index contributed by atoms with van der Waals surface area (Å²) < 4.78 is 10.8. The summed E-state index contributed by atoms with van der Waals surface area (Å²) in [5.74, 6) is 0.156. The number of hydrogen-bond acceptors (Lipinski definition) is 5. The van der Waals surface area contributed by atoms with E-state index >= 15 is 0 Å². The Bertz CT molecular complexity index is 965.